The molecule has 4 saturated carbocycles. The Balaban J connectivity index is 1.79. The van der Waals surface area contributed by atoms with E-state index >= 15 is 0 Å². The monoisotopic (exact) mass is 474 g/mol. The molecule has 4 rings (SSSR count). The maximum absolute atomic E-state index is 12.9. The molecule has 0 bridgehead atoms. The Morgan fingerprint density at radius 3 is 1.88 bits per heavy atom. The van der Waals surface area contributed by atoms with Gasteiger partial charge in [-0.3, -0.25) is 14.4 Å². The number of fused-ring (bicyclic) bond motifs is 5. The van der Waals surface area contributed by atoms with Gasteiger partial charge in [-0.05, 0) is 111 Å². The van der Waals surface area contributed by atoms with Crippen molar-refractivity contribution >= 4 is 17.7 Å². The quantitative estimate of drug-likeness (QED) is 0.480. The average molecular weight is 475 g/mol. The number of carboxylic acids is 2. The molecule has 0 aliphatic heterocycles. The van der Waals surface area contributed by atoms with Gasteiger partial charge in [0.15, 0.2) is 0 Å². The molecule has 0 aromatic carbocycles. The first-order valence-electron chi connectivity index (χ1n) is 13.4. The van der Waals surface area contributed by atoms with Crippen LogP contribution in [0.3, 0.4) is 0 Å². The van der Waals surface area contributed by atoms with E-state index in [0.29, 0.717) is 11.8 Å². The summed E-state index contributed by atoms with van der Waals surface area (Å²) in [7, 11) is 0. The molecule has 4 fully saturated rings. The predicted molar refractivity (Wildman–Crippen MR) is 131 cm³/mol. The fourth-order valence-electron chi connectivity index (χ4n) is 10.2. The predicted octanol–water partition coefficient (Wildman–Crippen LogP) is 6.59. The second kappa shape index (κ2) is 7.56. The summed E-state index contributed by atoms with van der Waals surface area (Å²) < 4.78 is 0. The van der Waals surface area contributed by atoms with Gasteiger partial charge in [0, 0.05) is 11.8 Å². The van der Waals surface area contributed by atoms with Crippen LogP contribution in [-0.4, -0.2) is 27.9 Å². The van der Waals surface area contributed by atoms with Crippen molar-refractivity contribution in [3.05, 3.63) is 0 Å². The van der Waals surface area contributed by atoms with E-state index in [0.717, 1.165) is 57.8 Å². The van der Waals surface area contributed by atoms with Gasteiger partial charge in [-0.15, -0.1) is 0 Å². The zero-order valence-corrected chi connectivity index (χ0v) is 22.4. The number of ketones is 1. The van der Waals surface area contributed by atoms with Crippen molar-refractivity contribution in [1.82, 2.24) is 0 Å². The molecule has 0 saturated heterocycles. The Bertz CT molecular complexity index is 912. The minimum Gasteiger partial charge on any atom is -0.481 e. The summed E-state index contributed by atoms with van der Waals surface area (Å²) in [5, 5.41) is 19.9. The lowest BCUT2D eigenvalue weighted by molar-refractivity contribution is -0.250. The van der Waals surface area contributed by atoms with Gasteiger partial charge in [0.1, 0.15) is 5.78 Å². The normalized spacial score (nSPS) is 52.6. The van der Waals surface area contributed by atoms with Gasteiger partial charge in [-0.1, -0.05) is 34.6 Å². The van der Waals surface area contributed by atoms with Gasteiger partial charge in [0.05, 0.1) is 5.41 Å². The van der Waals surface area contributed by atoms with Crippen molar-refractivity contribution in [2.75, 3.05) is 0 Å². The third kappa shape index (κ3) is 3.20. The Labute approximate surface area is 205 Å². The largest absolute Gasteiger partial charge is 0.481 e. The molecule has 9 atom stereocenters. The van der Waals surface area contributed by atoms with E-state index in [1.165, 1.54) is 0 Å². The third-order valence-electron chi connectivity index (χ3n) is 13.0. The maximum Gasteiger partial charge on any atom is 0.309 e. The number of carbonyl (C=O) groups is 3. The highest BCUT2D eigenvalue weighted by Gasteiger charge is 2.71. The van der Waals surface area contributed by atoms with E-state index in [1.807, 2.05) is 13.8 Å². The first-order valence-corrected chi connectivity index (χ1v) is 13.4. The molecule has 9 unspecified atom stereocenters. The van der Waals surface area contributed by atoms with Crippen LogP contribution < -0.4 is 0 Å². The van der Waals surface area contributed by atoms with E-state index in [9.17, 15) is 24.6 Å². The molecule has 5 heteroatoms. The number of carbonyl (C=O) groups excluding carboxylic acids is 1. The molecule has 0 radical (unpaired) electrons. The lowest BCUT2D eigenvalue weighted by Gasteiger charge is -2.73. The molecular weight excluding hydrogens is 428 g/mol. The molecule has 0 aromatic rings. The first kappa shape index (κ1) is 25.7. The molecule has 192 valence electrons. The van der Waals surface area contributed by atoms with E-state index in [-0.39, 0.29) is 39.8 Å². The van der Waals surface area contributed by atoms with Crippen molar-refractivity contribution in [2.45, 2.75) is 113 Å². The second-order valence-electron chi connectivity index (χ2n) is 14.3. The van der Waals surface area contributed by atoms with Crippen molar-refractivity contribution < 1.29 is 24.6 Å². The minimum absolute atomic E-state index is 0.00972. The zero-order chi connectivity index (χ0) is 25.5. The van der Waals surface area contributed by atoms with Crippen LogP contribution in [0.4, 0.5) is 0 Å². The minimum atomic E-state index is -0.807. The standard InChI is InChI=1S/C29H46O5/c1-18(30)26(4)9-8-19-27(5,20(26)16-22(31)32)13-15-29(7)21-17-25(3,23(33)34)11-10-24(21,2)12-14-28(19,29)6/h19-21H,8-17H2,1-7H3,(H,31,32)(H,33,34). The maximum atomic E-state index is 12.9. The molecule has 0 heterocycles. The van der Waals surface area contributed by atoms with Crippen LogP contribution in [0.15, 0.2) is 0 Å². The first-order chi connectivity index (χ1) is 15.5. The van der Waals surface area contributed by atoms with Gasteiger partial charge in [-0.2, -0.15) is 0 Å². The SMILES string of the molecule is CC(=O)C1(C)CCC2C(C)(CCC3(C)C4CC(C)(C(=O)O)CCC4(C)CCC23C)C1CC(=O)O. The Hall–Kier alpha value is -1.39. The topological polar surface area (TPSA) is 91.7 Å². The Kier molecular flexibility index (Phi) is 5.71. The van der Waals surface area contributed by atoms with Gasteiger partial charge in [-0.25, -0.2) is 0 Å². The molecule has 0 aromatic heterocycles. The van der Waals surface area contributed by atoms with Gasteiger partial charge >= 0.3 is 11.9 Å². The number of Topliss-reactive ketones (excluding diaryl/α,β-unsaturated/α-hetero) is 1. The summed E-state index contributed by atoms with van der Waals surface area (Å²) in [4.78, 5) is 37.2. The second-order valence-corrected chi connectivity index (χ2v) is 14.3. The van der Waals surface area contributed by atoms with E-state index in [1.54, 1.807) is 6.92 Å². The average Bonchev–Trinajstić information content (AvgIpc) is 2.73. The summed E-state index contributed by atoms with van der Waals surface area (Å²) in [6.45, 7) is 15.2. The molecule has 4 aliphatic carbocycles. The number of hydrogen-bond donors (Lipinski definition) is 2. The van der Waals surface area contributed by atoms with Crippen LogP contribution in [-0.2, 0) is 14.4 Å². The van der Waals surface area contributed by atoms with Crippen molar-refractivity contribution in [2.24, 2.45) is 50.2 Å². The van der Waals surface area contributed by atoms with E-state index in [4.69, 9.17) is 0 Å². The van der Waals surface area contributed by atoms with Crippen LogP contribution in [0.2, 0.25) is 0 Å². The highest BCUT2D eigenvalue weighted by atomic mass is 16.4. The van der Waals surface area contributed by atoms with Crippen molar-refractivity contribution in [3.8, 4) is 0 Å². The molecule has 5 nitrogen and oxygen atoms in total. The summed E-state index contributed by atoms with van der Waals surface area (Å²) in [5.74, 6) is -0.826. The number of aliphatic carboxylic acids is 2. The van der Waals surface area contributed by atoms with E-state index in [2.05, 4.69) is 27.7 Å². The van der Waals surface area contributed by atoms with Crippen LogP contribution in [0.1, 0.15) is 113 Å². The van der Waals surface area contributed by atoms with Crippen LogP contribution in [0, 0.1) is 50.2 Å². The van der Waals surface area contributed by atoms with Crippen LogP contribution >= 0.6 is 0 Å². The fraction of sp³-hybridized carbons (Fsp3) is 0.897. The molecule has 34 heavy (non-hydrogen) atoms. The lowest BCUT2D eigenvalue weighted by Crippen LogP contribution is -2.67. The van der Waals surface area contributed by atoms with Crippen molar-refractivity contribution in [3.63, 3.8) is 0 Å². The Morgan fingerprint density at radius 2 is 1.32 bits per heavy atom. The van der Waals surface area contributed by atoms with Gasteiger partial charge in [0.25, 0.3) is 0 Å². The fourth-order valence-corrected chi connectivity index (χ4v) is 10.2. The van der Waals surface area contributed by atoms with Gasteiger partial charge in [0.2, 0.25) is 0 Å². The molecular formula is C29H46O5. The Morgan fingerprint density at radius 1 is 0.765 bits per heavy atom. The highest BCUT2D eigenvalue weighted by Crippen LogP contribution is 2.77. The summed E-state index contributed by atoms with van der Waals surface area (Å²) in [6.07, 6.45) is 8.33. The summed E-state index contributed by atoms with van der Waals surface area (Å²) in [5.41, 5.74) is -1.28. The smallest absolute Gasteiger partial charge is 0.309 e. The molecule has 0 spiro atoms. The van der Waals surface area contributed by atoms with Crippen molar-refractivity contribution in [1.29, 1.82) is 0 Å². The number of carboxylic acid groups (broad SMARTS) is 2. The summed E-state index contributed by atoms with van der Waals surface area (Å²) >= 11 is 0. The summed E-state index contributed by atoms with van der Waals surface area (Å²) in [6, 6.07) is 0. The highest BCUT2D eigenvalue weighted by molar-refractivity contribution is 5.83. The number of hydrogen-bond acceptors (Lipinski definition) is 3. The van der Waals surface area contributed by atoms with Crippen LogP contribution in [0.25, 0.3) is 0 Å². The lowest BCUT2D eigenvalue weighted by atomic mass is 9.31. The molecule has 2 N–H and O–H groups in total. The zero-order valence-electron chi connectivity index (χ0n) is 22.4. The van der Waals surface area contributed by atoms with Gasteiger partial charge < -0.3 is 10.2 Å². The van der Waals surface area contributed by atoms with E-state index < -0.39 is 22.8 Å². The molecule has 0 amide bonds. The number of rotatable bonds is 4. The third-order valence-corrected chi connectivity index (χ3v) is 13.0. The van der Waals surface area contributed by atoms with Crippen LogP contribution in [0.5, 0.6) is 0 Å². The molecule has 4 aliphatic rings.